The van der Waals surface area contributed by atoms with Crippen LogP contribution in [0.2, 0.25) is 0 Å². The summed E-state index contributed by atoms with van der Waals surface area (Å²) in [5, 5.41) is 3.03. The Kier molecular flexibility index (Phi) is 7.53. The lowest BCUT2D eigenvalue weighted by Crippen LogP contribution is -2.23. The number of ether oxygens (including phenoxy) is 2. The third-order valence-corrected chi connectivity index (χ3v) is 2.92. The topological polar surface area (TPSA) is 30.5 Å². The Morgan fingerprint density at radius 2 is 1.81 bits per heavy atom. The summed E-state index contributed by atoms with van der Waals surface area (Å²) < 4.78 is 46.6. The highest BCUT2D eigenvalue weighted by Gasteiger charge is 2.26. The van der Waals surface area contributed by atoms with E-state index in [1.165, 1.54) is 0 Å². The molecule has 1 aromatic rings. The van der Waals surface area contributed by atoms with E-state index in [1.807, 2.05) is 31.2 Å². The number of nitrogens with one attached hydrogen (secondary N) is 1. The summed E-state index contributed by atoms with van der Waals surface area (Å²) in [6, 6.07) is 7.34. The van der Waals surface area contributed by atoms with Crippen molar-refractivity contribution in [3.8, 4) is 5.75 Å². The van der Waals surface area contributed by atoms with E-state index in [-0.39, 0.29) is 19.3 Å². The van der Waals surface area contributed by atoms with E-state index in [2.05, 4.69) is 5.32 Å². The fourth-order valence-corrected chi connectivity index (χ4v) is 1.75. The first-order chi connectivity index (χ1) is 9.96. The molecule has 1 aromatic carbocycles. The number of halogens is 3. The zero-order valence-corrected chi connectivity index (χ0v) is 12.4. The third-order valence-electron chi connectivity index (χ3n) is 2.92. The summed E-state index contributed by atoms with van der Waals surface area (Å²) in [5.74, 6) is 0.786. The molecule has 0 aliphatic heterocycles. The van der Waals surface area contributed by atoms with Gasteiger partial charge in [-0.05, 0) is 31.2 Å². The van der Waals surface area contributed by atoms with Crippen LogP contribution in [0.1, 0.15) is 31.4 Å². The van der Waals surface area contributed by atoms with Crippen LogP contribution in [0.3, 0.4) is 0 Å². The molecule has 6 heteroatoms. The van der Waals surface area contributed by atoms with Gasteiger partial charge >= 0.3 is 6.18 Å². The molecule has 0 aliphatic rings. The van der Waals surface area contributed by atoms with Gasteiger partial charge in [0.05, 0.1) is 32.3 Å². The van der Waals surface area contributed by atoms with Crippen LogP contribution in [-0.2, 0) is 4.74 Å². The molecule has 3 nitrogen and oxygen atoms in total. The van der Waals surface area contributed by atoms with Gasteiger partial charge in [-0.25, -0.2) is 0 Å². The minimum absolute atomic E-state index is 0.140. The second-order valence-corrected chi connectivity index (χ2v) is 4.70. The number of benzene rings is 1. The van der Waals surface area contributed by atoms with Crippen LogP contribution in [-0.4, -0.2) is 33.0 Å². The Hall–Kier alpha value is -1.27. The molecular weight excluding hydrogens is 283 g/mol. The smallest absolute Gasteiger partial charge is 0.391 e. The molecule has 1 unspecified atom stereocenters. The average molecular weight is 305 g/mol. The molecular formula is C15H22F3NO2. The highest BCUT2D eigenvalue weighted by Crippen LogP contribution is 2.21. The zero-order chi connectivity index (χ0) is 15.7. The SMILES string of the molecule is CCCOc1ccc(C(COCCC(F)(F)F)NC)cc1. The van der Waals surface area contributed by atoms with Gasteiger partial charge in [0.1, 0.15) is 5.75 Å². The van der Waals surface area contributed by atoms with Crippen molar-refractivity contribution < 1.29 is 22.6 Å². The molecule has 0 fully saturated rings. The first kappa shape index (κ1) is 17.8. The van der Waals surface area contributed by atoms with E-state index in [0.717, 1.165) is 17.7 Å². The number of rotatable bonds is 9. The number of hydrogen-bond donors (Lipinski definition) is 1. The fraction of sp³-hybridized carbons (Fsp3) is 0.600. The van der Waals surface area contributed by atoms with E-state index >= 15 is 0 Å². The van der Waals surface area contributed by atoms with Gasteiger partial charge in [-0.1, -0.05) is 19.1 Å². The van der Waals surface area contributed by atoms with Gasteiger partial charge in [0.15, 0.2) is 0 Å². The van der Waals surface area contributed by atoms with E-state index < -0.39 is 12.6 Å². The normalized spacial score (nSPS) is 13.2. The molecule has 1 atom stereocenters. The van der Waals surface area contributed by atoms with Crippen LogP contribution in [0.5, 0.6) is 5.75 Å². The zero-order valence-electron chi connectivity index (χ0n) is 12.4. The average Bonchev–Trinajstić information content (AvgIpc) is 2.45. The van der Waals surface area contributed by atoms with Crippen molar-refractivity contribution in [3.63, 3.8) is 0 Å². The summed E-state index contributed by atoms with van der Waals surface area (Å²) in [7, 11) is 1.75. The Morgan fingerprint density at radius 1 is 1.14 bits per heavy atom. The van der Waals surface area contributed by atoms with Crippen LogP contribution in [0, 0.1) is 0 Å². The lowest BCUT2D eigenvalue weighted by atomic mass is 10.1. The Morgan fingerprint density at radius 3 is 2.33 bits per heavy atom. The van der Waals surface area contributed by atoms with Crippen LogP contribution in [0.4, 0.5) is 13.2 Å². The highest BCUT2D eigenvalue weighted by molar-refractivity contribution is 5.29. The number of hydrogen-bond acceptors (Lipinski definition) is 3. The Balaban J connectivity index is 2.44. The van der Waals surface area contributed by atoms with Crippen molar-refractivity contribution >= 4 is 0 Å². The minimum atomic E-state index is -4.17. The van der Waals surface area contributed by atoms with Crippen molar-refractivity contribution in [1.82, 2.24) is 5.32 Å². The Labute approximate surface area is 123 Å². The summed E-state index contributed by atoms with van der Waals surface area (Å²) >= 11 is 0. The highest BCUT2D eigenvalue weighted by atomic mass is 19.4. The molecule has 0 amide bonds. The summed E-state index contributed by atoms with van der Waals surface area (Å²) in [5.41, 5.74) is 0.952. The van der Waals surface area contributed by atoms with Gasteiger partial charge in [-0.3, -0.25) is 0 Å². The maximum Gasteiger partial charge on any atom is 0.391 e. The predicted octanol–water partition coefficient (Wildman–Crippen LogP) is 3.70. The fourth-order valence-electron chi connectivity index (χ4n) is 1.75. The van der Waals surface area contributed by atoms with Crippen LogP contribution in [0.25, 0.3) is 0 Å². The standard InChI is InChI=1S/C15H22F3NO2/c1-3-9-21-13-6-4-12(5-7-13)14(19-2)11-20-10-8-15(16,17)18/h4-7,14,19H,3,8-11H2,1-2H3. The van der Waals surface area contributed by atoms with Gasteiger partial charge in [0, 0.05) is 0 Å². The molecule has 0 heterocycles. The molecule has 0 saturated carbocycles. The maximum absolute atomic E-state index is 12.0. The van der Waals surface area contributed by atoms with Crippen molar-refractivity contribution in [1.29, 1.82) is 0 Å². The van der Waals surface area contributed by atoms with E-state index in [9.17, 15) is 13.2 Å². The summed E-state index contributed by atoms with van der Waals surface area (Å²) in [6.45, 7) is 2.57. The second-order valence-electron chi connectivity index (χ2n) is 4.70. The van der Waals surface area contributed by atoms with E-state index in [1.54, 1.807) is 7.05 Å². The molecule has 1 N–H and O–H groups in total. The molecule has 0 spiro atoms. The lowest BCUT2D eigenvalue weighted by molar-refractivity contribution is -0.145. The largest absolute Gasteiger partial charge is 0.494 e. The maximum atomic E-state index is 12.0. The van der Waals surface area contributed by atoms with Crippen molar-refractivity contribution in [2.45, 2.75) is 32.0 Å². The van der Waals surface area contributed by atoms with Gasteiger partial charge < -0.3 is 14.8 Å². The van der Waals surface area contributed by atoms with Crippen molar-refractivity contribution in [2.75, 3.05) is 26.9 Å². The quantitative estimate of drug-likeness (QED) is 0.706. The van der Waals surface area contributed by atoms with E-state index in [0.29, 0.717) is 6.61 Å². The van der Waals surface area contributed by atoms with Crippen LogP contribution >= 0.6 is 0 Å². The summed E-state index contributed by atoms with van der Waals surface area (Å²) in [4.78, 5) is 0. The third kappa shape index (κ3) is 7.34. The molecule has 0 aliphatic carbocycles. The molecule has 0 aromatic heterocycles. The van der Waals surface area contributed by atoms with Crippen LogP contribution in [0.15, 0.2) is 24.3 Å². The first-order valence-corrected chi connectivity index (χ1v) is 7.00. The Bertz CT molecular complexity index is 393. The molecule has 0 saturated heterocycles. The lowest BCUT2D eigenvalue weighted by Gasteiger charge is -2.17. The first-order valence-electron chi connectivity index (χ1n) is 7.00. The molecule has 1 rings (SSSR count). The number of alkyl halides is 3. The van der Waals surface area contributed by atoms with E-state index in [4.69, 9.17) is 9.47 Å². The molecule has 21 heavy (non-hydrogen) atoms. The van der Waals surface area contributed by atoms with Gasteiger partial charge in [-0.2, -0.15) is 13.2 Å². The van der Waals surface area contributed by atoms with Crippen molar-refractivity contribution in [3.05, 3.63) is 29.8 Å². The molecule has 0 bridgehead atoms. The molecule has 0 radical (unpaired) electrons. The van der Waals surface area contributed by atoms with Gasteiger partial charge in [-0.15, -0.1) is 0 Å². The van der Waals surface area contributed by atoms with Crippen LogP contribution < -0.4 is 10.1 Å². The molecule has 120 valence electrons. The monoisotopic (exact) mass is 305 g/mol. The minimum Gasteiger partial charge on any atom is -0.494 e. The number of likely N-dealkylation sites (N-methyl/N-ethyl adjacent to an activating group) is 1. The van der Waals surface area contributed by atoms with Gasteiger partial charge in [0.2, 0.25) is 0 Å². The van der Waals surface area contributed by atoms with Crippen molar-refractivity contribution in [2.24, 2.45) is 0 Å². The predicted molar refractivity (Wildman–Crippen MR) is 75.5 cm³/mol. The summed E-state index contributed by atoms with van der Waals surface area (Å²) in [6.07, 6.45) is -4.16. The van der Waals surface area contributed by atoms with Gasteiger partial charge in [0.25, 0.3) is 0 Å². The second kappa shape index (κ2) is 8.89.